The predicted octanol–water partition coefficient (Wildman–Crippen LogP) is 1.74. The molecule has 1 unspecified atom stereocenters. The first-order valence-corrected chi connectivity index (χ1v) is 7.37. The van der Waals surface area contributed by atoms with Gasteiger partial charge in [0.1, 0.15) is 0 Å². The van der Waals surface area contributed by atoms with Crippen LogP contribution in [0.15, 0.2) is 65.7 Å². The van der Waals surface area contributed by atoms with Gasteiger partial charge in [0.2, 0.25) is 5.54 Å². The zero-order valence-electron chi connectivity index (χ0n) is 12.4. The van der Waals surface area contributed by atoms with E-state index in [-0.39, 0.29) is 11.1 Å². The molecule has 6 heteroatoms. The third kappa shape index (κ3) is 2.21. The molecule has 0 saturated heterocycles. The van der Waals surface area contributed by atoms with Gasteiger partial charge in [-0.25, -0.2) is 9.59 Å². The quantitative estimate of drug-likeness (QED) is 0.829. The van der Waals surface area contributed by atoms with Crippen molar-refractivity contribution in [3.63, 3.8) is 0 Å². The molecule has 0 aliphatic carbocycles. The molecule has 1 heterocycles. The summed E-state index contributed by atoms with van der Waals surface area (Å²) in [5.74, 6) is -2.58. The Hall–Kier alpha value is -2.92. The van der Waals surface area contributed by atoms with E-state index in [1.54, 1.807) is 42.5 Å². The number of nitrogens with zero attached hydrogens (tertiary/aromatic N) is 1. The number of rotatable bonds is 4. The summed E-state index contributed by atoms with van der Waals surface area (Å²) in [6, 6.07) is 12.9. The fourth-order valence-electron chi connectivity index (χ4n) is 2.89. The average molecular weight is 342 g/mol. The number of carboxylic acid groups (broad SMARTS) is 2. The van der Waals surface area contributed by atoms with E-state index in [2.05, 4.69) is 11.6 Å². The minimum Gasteiger partial charge on any atom is -0.479 e. The first-order chi connectivity index (χ1) is 11.4. The zero-order valence-corrected chi connectivity index (χ0v) is 13.1. The van der Waals surface area contributed by atoms with Crippen molar-refractivity contribution in [2.24, 2.45) is 4.99 Å². The molecule has 0 fully saturated rings. The highest BCUT2D eigenvalue weighted by Gasteiger charge is 2.48. The SMILES string of the molecule is C=C(C(=O)O)C1=c2ccc(Cl)cc2=NC1(C(=O)O)c1ccccc1. The van der Waals surface area contributed by atoms with Gasteiger partial charge < -0.3 is 10.2 Å². The molecule has 2 N–H and O–H groups in total. The lowest BCUT2D eigenvalue weighted by atomic mass is 9.80. The fourth-order valence-corrected chi connectivity index (χ4v) is 3.06. The van der Waals surface area contributed by atoms with Crippen LogP contribution in [-0.4, -0.2) is 22.2 Å². The van der Waals surface area contributed by atoms with Crippen LogP contribution in [0.3, 0.4) is 0 Å². The number of benzene rings is 2. The maximum Gasteiger partial charge on any atom is 0.341 e. The van der Waals surface area contributed by atoms with E-state index < -0.39 is 17.5 Å². The van der Waals surface area contributed by atoms with Crippen LogP contribution in [0.5, 0.6) is 0 Å². The van der Waals surface area contributed by atoms with E-state index in [1.165, 1.54) is 6.07 Å². The highest BCUT2D eigenvalue weighted by atomic mass is 35.5. The van der Waals surface area contributed by atoms with Crippen molar-refractivity contribution in [3.05, 3.63) is 81.8 Å². The van der Waals surface area contributed by atoms with E-state index in [4.69, 9.17) is 11.6 Å². The number of halogens is 1. The van der Waals surface area contributed by atoms with Gasteiger partial charge in [0, 0.05) is 15.8 Å². The molecule has 0 spiro atoms. The van der Waals surface area contributed by atoms with Gasteiger partial charge in [-0.05, 0) is 17.7 Å². The van der Waals surface area contributed by atoms with E-state index in [0.29, 0.717) is 21.2 Å². The van der Waals surface area contributed by atoms with Crippen molar-refractivity contribution in [1.82, 2.24) is 0 Å². The van der Waals surface area contributed by atoms with Gasteiger partial charge in [-0.3, -0.25) is 4.99 Å². The molecule has 0 bridgehead atoms. The second-order valence-corrected chi connectivity index (χ2v) is 5.75. The Balaban J connectivity index is 2.48. The maximum absolute atomic E-state index is 12.2. The van der Waals surface area contributed by atoms with Crippen LogP contribution in [0, 0.1) is 0 Å². The minimum atomic E-state index is -1.87. The summed E-state index contributed by atoms with van der Waals surface area (Å²) in [5, 5.41) is 20.5. The van der Waals surface area contributed by atoms with Crippen LogP contribution < -0.4 is 10.6 Å². The highest BCUT2D eigenvalue weighted by molar-refractivity contribution is 6.30. The molecule has 0 radical (unpaired) electrons. The molecule has 120 valence electrons. The summed E-state index contributed by atoms with van der Waals surface area (Å²) in [6.07, 6.45) is 0. The molecular weight excluding hydrogens is 330 g/mol. The Morgan fingerprint density at radius 3 is 2.33 bits per heavy atom. The van der Waals surface area contributed by atoms with Gasteiger partial charge >= 0.3 is 11.9 Å². The lowest BCUT2D eigenvalue weighted by Crippen LogP contribution is -2.36. The Morgan fingerprint density at radius 2 is 1.75 bits per heavy atom. The predicted molar refractivity (Wildman–Crippen MR) is 88.2 cm³/mol. The number of carboxylic acids is 2. The number of fused-ring (bicyclic) bond motifs is 1. The number of hydrogen-bond acceptors (Lipinski definition) is 3. The third-order valence-electron chi connectivity index (χ3n) is 3.94. The summed E-state index contributed by atoms with van der Waals surface area (Å²) in [5.41, 5.74) is -1.79. The number of aliphatic carboxylic acids is 2. The molecule has 1 atom stereocenters. The summed E-state index contributed by atoms with van der Waals surface area (Å²) in [4.78, 5) is 28.1. The van der Waals surface area contributed by atoms with Crippen molar-refractivity contribution in [2.45, 2.75) is 5.54 Å². The Bertz CT molecular complexity index is 997. The van der Waals surface area contributed by atoms with Crippen LogP contribution in [0.2, 0.25) is 5.02 Å². The van der Waals surface area contributed by atoms with E-state index in [9.17, 15) is 19.8 Å². The molecule has 1 aliphatic rings. The molecule has 5 nitrogen and oxygen atoms in total. The summed E-state index contributed by atoms with van der Waals surface area (Å²) >= 11 is 5.98. The first-order valence-electron chi connectivity index (χ1n) is 6.99. The van der Waals surface area contributed by atoms with Crippen LogP contribution in [0.25, 0.3) is 5.57 Å². The Labute approximate surface area is 141 Å². The molecule has 24 heavy (non-hydrogen) atoms. The highest BCUT2D eigenvalue weighted by Crippen LogP contribution is 2.39. The molecule has 0 saturated carbocycles. The first kappa shape index (κ1) is 16.0. The number of hydrogen-bond donors (Lipinski definition) is 2. The van der Waals surface area contributed by atoms with Crippen molar-refractivity contribution < 1.29 is 19.8 Å². The van der Waals surface area contributed by atoms with Crippen LogP contribution >= 0.6 is 11.6 Å². The number of carbonyl (C=O) groups is 2. The summed E-state index contributed by atoms with van der Waals surface area (Å²) in [6.45, 7) is 3.57. The van der Waals surface area contributed by atoms with Gasteiger partial charge in [0.05, 0.1) is 10.9 Å². The van der Waals surface area contributed by atoms with Crippen LogP contribution in [0.4, 0.5) is 0 Å². The smallest absolute Gasteiger partial charge is 0.341 e. The Kier molecular flexibility index (Phi) is 3.73. The largest absolute Gasteiger partial charge is 0.479 e. The van der Waals surface area contributed by atoms with Gasteiger partial charge in [-0.15, -0.1) is 0 Å². The maximum atomic E-state index is 12.2. The van der Waals surface area contributed by atoms with Crippen molar-refractivity contribution in [2.75, 3.05) is 0 Å². The minimum absolute atomic E-state index is 0.0420. The Morgan fingerprint density at radius 1 is 1.08 bits per heavy atom. The molecule has 0 amide bonds. The molecule has 3 rings (SSSR count). The molecule has 0 aromatic heterocycles. The second kappa shape index (κ2) is 5.62. The average Bonchev–Trinajstić information content (AvgIpc) is 2.90. The monoisotopic (exact) mass is 341 g/mol. The van der Waals surface area contributed by atoms with E-state index in [0.717, 1.165) is 0 Å². The van der Waals surface area contributed by atoms with Crippen molar-refractivity contribution in [1.29, 1.82) is 0 Å². The van der Waals surface area contributed by atoms with Gasteiger partial charge in [-0.1, -0.05) is 54.6 Å². The second-order valence-electron chi connectivity index (χ2n) is 5.31. The van der Waals surface area contributed by atoms with Gasteiger partial charge in [0.15, 0.2) is 0 Å². The lowest BCUT2D eigenvalue weighted by molar-refractivity contribution is -0.141. The van der Waals surface area contributed by atoms with E-state index >= 15 is 0 Å². The lowest BCUT2D eigenvalue weighted by Gasteiger charge is -2.26. The standard InChI is InChI=1S/C18H12ClNO4/c1-10(16(21)22)15-13-8-7-12(19)9-14(13)20-18(15,17(23)24)11-5-3-2-4-6-11/h2-9H,1H2,(H,21,22)(H,23,24). The summed E-state index contributed by atoms with van der Waals surface area (Å²) in [7, 11) is 0. The normalized spacial score (nSPS) is 18.6. The topological polar surface area (TPSA) is 87.0 Å². The van der Waals surface area contributed by atoms with Gasteiger partial charge in [-0.2, -0.15) is 0 Å². The van der Waals surface area contributed by atoms with Gasteiger partial charge in [0.25, 0.3) is 0 Å². The molecule has 1 aliphatic heterocycles. The fraction of sp³-hybridized carbons (Fsp3) is 0.0556. The van der Waals surface area contributed by atoms with Crippen LogP contribution in [0.1, 0.15) is 5.56 Å². The van der Waals surface area contributed by atoms with E-state index in [1.807, 2.05) is 0 Å². The summed E-state index contributed by atoms with van der Waals surface area (Å²) < 4.78 is 0. The van der Waals surface area contributed by atoms with Crippen molar-refractivity contribution >= 4 is 29.1 Å². The molecule has 2 aromatic rings. The van der Waals surface area contributed by atoms with Crippen molar-refractivity contribution in [3.8, 4) is 0 Å². The third-order valence-corrected chi connectivity index (χ3v) is 4.18. The van der Waals surface area contributed by atoms with Crippen LogP contribution in [-0.2, 0) is 15.1 Å². The zero-order chi connectivity index (χ0) is 17.5. The molecule has 2 aromatic carbocycles. The molecular formula is C18H12ClNO4.